The van der Waals surface area contributed by atoms with Crippen LogP contribution in [-0.2, 0) is 13.0 Å². The van der Waals surface area contributed by atoms with Crippen LogP contribution in [0.1, 0.15) is 17.4 Å². The Balaban J connectivity index is 2.67. The molecule has 0 aliphatic heterocycles. The van der Waals surface area contributed by atoms with E-state index < -0.39 is 0 Å². The lowest BCUT2D eigenvalue weighted by Crippen LogP contribution is -2.04. The van der Waals surface area contributed by atoms with Gasteiger partial charge in [0.1, 0.15) is 0 Å². The Bertz CT molecular complexity index is 476. The summed E-state index contributed by atoms with van der Waals surface area (Å²) in [7, 11) is 1.98. The van der Waals surface area contributed by atoms with Crippen molar-refractivity contribution in [1.82, 2.24) is 5.32 Å². The van der Waals surface area contributed by atoms with Gasteiger partial charge in [0.2, 0.25) is 0 Å². The van der Waals surface area contributed by atoms with Crippen molar-refractivity contribution >= 4 is 33.0 Å². The molecule has 1 aromatic heterocycles. The molecule has 2 aromatic rings. The Morgan fingerprint density at radius 1 is 1.40 bits per heavy atom. The first-order valence-electron chi connectivity index (χ1n) is 5.11. The van der Waals surface area contributed by atoms with Crippen molar-refractivity contribution in [3.05, 3.63) is 33.7 Å². The molecule has 0 aliphatic carbocycles. The average Bonchev–Trinajstić information content (AvgIpc) is 2.58. The molecule has 0 aliphatic rings. The van der Waals surface area contributed by atoms with Crippen molar-refractivity contribution in [2.75, 3.05) is 7.05 Å². The van der Waals surface area contributed by atoms with Crippen molar-refractivity contribution in [3.63, 3.8) is 0 Å². The van der Waals surface area contributed by atoms with Crippen molar-refractivity contribution in [3.8, 4) is 0 Å². The molecule has 0 amide bonds. The molecule has 0 atom stereocenters. The molecule has 0 unspecified atom stereocenters. The van der Waals surface area contributed by atoms with Gasteiger partial charge in [-0.1, -0.05) is 30.7 Å². The van der Waals surface area contributed by atoms with E-state index in [1.165, 1.54) is 20.5 Å². The lowest BCUT2D eigenvalue weighted by molar-refractivity contribution is 0.822. The molecular formula is C12H14ClNS. The standard InChI is InChI=1S/C12H14ClNS/c1-3-8-9-5-4-6-10(13)12(9)15-11(8)7-14-2/h4-6,14H,3,7H2,1-2H3. The van der Waals surface area contributed by atoms with Crippen molar-refractivity contribution < 1.29 is 0 Å². The van der Waals surface area contributed by atoms with Crippen LogP contribution in [0.3, 0.4) is 0 Å². The maximum atomic E-state index is 6.19. The van der Waals surface area contributed by atoms with Crippen LogP contribution in [0.5, 0.6) is 0 Å². The second kappa shape index (κ2) is 4.52. The number of nitrogens with one attached hydrogen (secondary N) is 1. The number of aryl methyl sites for hydroxylation is 1. The van der Waals surface area contributed by atoms with E-state index in [4.69, 9.17) is 11.6 Å². The first kappa shape index (κ1) is 10.9. The van der Waals surface area contributed by atoms with Crippen molar-refractivity contribution in [1.29, 1.82) is 0 Å². The molecule has 2 rings (SSSR count). The number of fused-ring (bicyclic) bond motifs is 1. The van der Waals surface area contributed by atoms with Crippen LogP contribution in [-0.4, -0.2) is 7.05 Å². The molecule has 1 nitrogen and oxygen atoms in total. The molecule has 15 heavy (non-hydrogen) atoms. The zero-order chi connectivity index (χ0) is 10.8. The highest BCUT2D eigenvalue weighted by Crippen LogP contribution is 2.36. The summed E-state index contributed by atoms with van der Waals surface area (Å²) in [5.74, 6) is 0. The third kappa shape index (κ3) is 1.89. The Hall–Kier alpha value is -0.570. The first-order chi connectivity index (χ1) is 7.27. The minimum atomic E-state index is 0.870. The van der Waals surface area contributed by atoms with Gasteiger partial charge in [0.25, 0.3) is 0 Å². The molecule has 0 spiro atoms. The van der Waals surface area contributed by atoms with E-state index >= 15 is 0 Å². The van der Waals surface area contributed by atoms with Gasteiger partial charge in [-0.3, -0.25) is 0 Å². The van der Waals surface area contributed by atoms with Crippen LogP contribution >= 0.6 is 22.9 Å². The molecule has 1 N–H and O–H groups in total. The predicted octanol–water partition coefficient (Wildman–Crippen LogP) is 3.84. The van der Waals surface area contributed by atoms with E-state index in [2.05, 4.69) is 18.3 Å². The molecule has 0 saturated heterocycles. The lowest BCUT2D eigenvalue weighted by Gasteiger charge is -1.99. The molecule has 0 fully saturated rings. The van der Waals surface area contributed by atoms with Gasteiger partial charge in [0, 0.05) is 11.4 Å². The molecule has 1 heterocycles. The van der Waals surface area contributed by atoms with Gasteiger partial charge in [0.05, 0.1) is 9.72 Å². The molecule has 0 bridgehead atoms. The Morgan fingerprint density at radius 3 is 2.87 bits per heavy atom. The summed E-state index contributed by atoms with van der Waals surface area (Å²) in [6, 6.07) is 6.15. The van der Waals surface area contributed by atoms with E-state index in [0.29, 0.717) is 0 Å². The van der Waals surface area contributed by atoms with Crippen LogP contribution in [0.15, 0.2) is 18.2 Å². The molecule has 80 valence electrons. The first-order valence-corrected chi connectivity index (χ1v) is 6.30. The van der Waals surface area contributed by atoms with Crippen LogP contribution in [0.4, 0.5) is 0 Å². The normalized spacial score (nSPS) is 11.1. The highest BCUT2D eigenvalue weighted by Gasteiger charge is 2.11. The Labute approximate surface area is 99.1 Å². The summed E-state index contributed by atoms with van der Waals surface area (Å²) in [6.45, 7) is 3.13. The largest absolute Gasteiger partial charge is 0.315 e. The maximum absolute atomic E-state index is 6.19. The Kier molecular flexibility index (Phi) is 3.29. The fourth-order valence-corrected chi connectivity index (χ4v) is 3.47. The van der Waals surface area contributed by atoms with E-state index in [1.54, 1.807) is 11.3 Å². The van der Waals surface area contributed by atoms with E-state index in [-0.39, 0.29) is 0 Å². The number of thiophene rings is 1. The van der Waals surface area contributed by atoms with Gasteiger partial charge >= 0.3 is 0 Å². The van der Waals surface area contributed by atoms with Gasteiger partial charge < -0.3 is 5.32 Å². The molecular weight excluding hydrogens is 226 g/mol. The SMILES string of the molecule is CCc1c(CNC)sc2c(Cl)cccc12. The number of benzene rings is 1. The van der Waals surface area contributed by atoms with Crippen LogP contribution in [0, 0.1) is 0 Å². The minimum Gasteiger partial charge on any atom is -0.315 e. The summed E-state index contributed by atoms with van der Waals surface area (Å²) in [5.41, 5.74) is 1.44. The monoisotopic (exact) mass is 239 g/mol. The average molecular weight is 240 g/mol. The van der Waals surface area contributed by atoms with Gasteiger partial charge in [0.15, 0.2) is 0 Å². The molecule has 3 heteroatoms. The summed E-state index contributed by atoms with van der Waals surface area (Å²) >= 11 is 7.99. The number of hydrogen-bond acceptors (Lipinski definition) is 2. The van der Waals surface area contributed by atoms with Gasteiger partial charge in [-0.15, -0.1) is 11.3 Å². The third-order valence-electron chi connectivity index (χ3n) is 2.54. The quantitative estimate of drug-likeness (QED) is 0.858. The molecule has 0 radical (unpaired) electrons. The summed E-state index contributed by atoms with van der Waals surface area (Å²) in [5, 5.41) is 5.40. The van der Waals surface area contributed by atoms with Gasteiger partial charge in [-0.05, 0) is 30.5 Å². The predicted molar refractivity (Wildman–Crippen MR) is 69.0 cm³/mol. The highest BCUT2D eigenvalue weighted by molar-refractivity contribution is 7.20. The topological polar surface area (TPSA) is 12.0 Å². The number of halogens is 1. The van der Waals surface area contributed by atoms with Crippen molar-refractivity contribution in [2.45, 2.75) is 19.9 Å². The maximum Gasteiger partial charge on any atom is 0.0584 e. The third-order valence-corrected chi connectivity index (χ3v) is 4.25. The van der Waals surface area contributed by atoms with Gasteiger partial charge in [-0.25, -0.2) is 0 Å². The zero-order valence-electron chi connectivity index (χ0n) is 8.93. The minimum absolute atomic E-state index is 0.870. The van der Waals surface area contributed by atoms with Crippen LogP contribution in [0.2, 0.25) is 5.02 Å². The van der Waals surface area contributed by atoms with Gasteiger partial charge in [-0.2, -0.15) is 0 Å². The molecule has 0 saturated carbocycles. The second-order valence-electron chi connectivity index (χ2n) is 3.50. The lowest BCUT2D eigenvalue weighted by atomic mass is 10.1. The summed E-state index contributed by atoms with van der Waals surface area (Å²) < 4.78 is 1.22. The van der Waals surface area contributed by atoms with E-state index in [1.807, 2.05) is 19.2 Å². The van der Waals surface area contributed by atoms with Crippen LogP contribution < -0.4 is 5.32 Å². The summed E-state index contributed by atoms with van der Waals surface area (Å²) in [4.78, 5) is 1.41. The second-order valence-corrected chi connectivity index (χ2v) is 5.02. The van der Waals surface area contributed by atoms with Crippen LogP contribution in [0.25, 0.3) is 10.1 Å². The van der Waals surface area contributed by atoms with E-state index in [0.717, 1.165) is 18.0 Å². The number of hydrogen-bond donors (Lipinski definition) is 1. The summed E-state index contributed by atoms with van der Waals surface area (Å²) in [6.07, 6.45) is 1.07. The van der Waals surface area contributed by atoms with E-state index in [9.17, 15) is 0 Å². The Morgan fingerprint density at radius 2 is 2.20 bits per heavy atom. The zero-order valence-corrected chi connectivity index (χ0v) is 10.5. The fourth-order valence-electron chi connectivity index (χ4n) is 1.88. The number of rotatable bonds is 3. The smallest absolute Gasteiger partial charge is 0.0584 e. The van der Waals surface area contributed by atoms with Crippen molar-refractivity contribution in [2.24, 2.45) is 0 Å². The fraction of sp³-hybridized carbons (Fsp3) is 0.333. The molecule has 1 aromatic carbocycles. The highest BCUT2D eigenvalue weighted by atomic mass is 35.5.